The second-order valence-corrected chi connectivity index (χ2v) is 6.40. The summed E-state index contributed by atoms with van der Waals surface area (Å²) in [6.07, 6.45) is 1.58. The van der Waals surface area contributed by atoms with Crippen LogP contribution in [0.1, 0.15) is 37.8 Å². The molecule has 0 fully saturated rings. The highest BCUT2D eigenvalue weighted by Gasteiger charge is 2.31. The number of hydrogen-bond donors (Lipinski definition) is 2. The molecule has 0 bridgehead atoms. The minimum absolute atomic E-state index is 0.638. The molecule has 0 aliphatic carbocycles. The van der Waals surface area contributed by atoms with Gasteiger partial charge in [-0.05, 0) is 50.1 Å². The quantitative estimate of drug-likeness (QED) is 0.685. The summed E-state index contributed by atoms with van der Waals surface area (Å²) in [6.45, 7) is 6.67. The Bertz CT molecular complexity index is 436. The van der Waals surface area contributed by atoms with Crippen LogP contribution in [0, 0.1) is 6.92 Å². The lowest BCUT2D eigenvalue weighted by Gasteiger charge is -2.26. The third-order valence-corrected chi connectivity index (χ3v) is 4.51. The van der Waals surface area contributed by atoms with Gasteiger partial charge < -0.3 is 10.4 Å². The van der Waals surface area contributed by atoms with Crippen LogP contribution in [0.2, 0.25) is 0 Å². The molecule has 4 heteroatoms. The highest BCUT2D eigenvalue weighted by molar-refractivity contribution is 7.98. The van der Waals surface area contributed by atoms with E-state index in [0.29, 0.717) is 6.42 Å². The number of aliphatic carboxylic acids is 1. The van der Waals surface area contributed by atoms with Gasteiger partial charge in [-0.15, -0.1) is 0 Å². The van der Waals surface area contributed by atoms with Gasteiger partial charge in [0.15, 0.2) is 0 Å². The molecule has 0 radical (unpaired) electrons. The summed E-state index contributed by atoms with van der Waals surface area (Å²) in [5, 5.41) is 12.5. The number of rotatable bonds is 9. The number of carboxylic acid groups (broad SMARTS) is 1. The van der Waals surface area contributed by atoms with Crippen molar-refractivity contribution in [2.75, 3.05) is 12.3 Å². The summed E-state index contributed by atoms with van der Waals surface area (Å²) in [6, 6.07) is 8.33. The Balaban J connectivity index is 2.41. The molecule has 0 saturated heterocycles. The topological polar surface area (TPSA) is 49.3 Å². The smallest absolute Gasteiger partial charge is 0.323 e. The Morgan fingerprint density at radius 2 is 2.10 bits per heavy atom. The van der Waals surface area contributed by atoms with Gasteiger partial charge in [0.1, 0.15) is 5.54 Å². The maximum absolute atomic E-state index is 11.4. The molecule has 1 unspecified atom stereocenters. The lowest BCUT2D eigenvalue weighted by molar-refractivity contribution is -0.144. The van der Waals surface area contributed by atoms with Crippen LogP contribution < -0.4 is 5.32 Å². The lowest BCUT2D eigenvalue weighted by Crippen LogP contribution is -2.50. The standard InChI is InChI=1S/C16H25NO2S/c1-4-10-17-16(3,15(18)19)9-11-20-12-14-8-6-5-7-13(14)2/h5-8,17H,4,9-12H2,1-3H3,(H,18,19). The van der Waals surface area contributed by atoms with Crippen molar-refractivity contribution in [3.05, 3.63) is 35.4 Å². The maximum atomic E-state index is 11.4. The van der Waals surface area contributed by atoms with Gasteiger partial charge in [-0.3, -0.25) is 4.79 Å². The van der Waals surface area contributed by atoms with Crippen molar-refractivity contribution in [2.24, 2.45) is 0 Å². The molecular formula is C16H25NO2S. The van der Waals surface area contributed by atoms with E-state index >= 15 is 0 Å². The number of hydrogen-bond acceptors (Lipinski definition) is 3. The minimum Gasteiger partial charge on any atom is -0.480 e. The Labute approximate surface area is 126 Å². The van der Waals surface area contributed by atoms with Gasteiger partial charge in [0.2, 0.25) is 0 Å². The van der Waals surface area contributed by atoms with Crippen molar-refractivity contribution in [1.29, 1.82) is 0 Å². The first kappa shape index (κ1) is 17.1. The predicted octanol–water partition coefficient (Wildman–Crippen LogP) is 3.46. The molecule has 0 saturated carbocycles. The maximum Gasteiger partial charge on any atom is 0.323 e. The highest BCUT2D eigenvalue weighted by atomic mass is 32.2. The zero-order valence-corrected chi connectivity index (χ0v) is 13.4. The summed E-state index contributed by atoms with van der Waals surface area (Å²) in [5.74, 6) is 1.02. The van der Waals surface area contributed by atoms with Gasteiger partial charge in [0.05, 0.1) is 0 Å². The summed E-state index contributed by atoms with van der Waals surface area (Å²) in [4.78, 5) is 11.4. The van der Waals surface area contributed by atoms with Crippen molar-refractivity contribution in [2.45, 2.75) is 44.9 Å². The molecule has 0 aromatic heterocycles. The van der Waals surface area contributed by atoms with Gasteiger partial charge in [-0.25, -0.2) is 0 Å². The van der Waals surface area contributed by atoms with E-state index < -0.39 is 11.5 Å². The molecule has 1 atom stereocenters. The Hall–Kier alpha value is -1.00. The molecule has 1 aromatic carbocycles. The van der Waals surface area contributed by atoms with Gasteiger partial charge >= 0.3 is 5.97 Å². The molecule has 1 rings (SSSR count). The van der Waals surface area contributed by atoms with Crippen LogP contribution >= 0.6 is 11.8 Å². The van der Waals surface area contributed by atoms with Crippen molar-refractivity contribution >= 4 is 17.7 Å². The van der Waals surface area contributed by atoms with E-state index in [1.54, 1.807) is 18.7 Å². The van der Waals surface area contributed by atoms with Crippen LogP contribution in [0.3, 0.4) is 0 Å². The van der Waals surface area contributed by atoms with Gasteiger partial charge in [0, 0.05) is 5.75 Å². The Kier molecular flexibility index (Phi) is 7.10. The van der Waals surface area contributed by atoms with Crippen molar-refractivity contribution in [3.63, 3.8) is 0 Å². The molecule has 112 valence electrons. The second-order valence-electron chi connectivity index (χ2n) is 5.29. The Morgan fingerprint density at radius 3 is 2.70 bits per heavy atom. The molecule has 0 amide bonds. The normalized spacial score (nSPS) is 13.9. The van der Waals surface area contributed by atoms with Gasteiger partial charge in [-0.2, -0.15) is 11.8 Å². The Morgan fingerprint density at radius 1 is 1.40 bits per heavy atom. The SMILES string of the molecule is CCCNC(C)(CCSCc1ccccc1C)C(=O)O. The molecule has 0 spiro atoms. The van der Waals surface area contributed by atoms with Crippen molar-refractivity contribution < 1.29 is 9.90 Å². The second kappa shape index (κ2) is 8.32. The van der Waals surface area contributed by atoms with Crippen LogP contribution in [0.25, 0.3) is 0 Å². The molecule has 0 aliphatic rings. The van der Waals surface area contributed by atoms with E-state index in [-0.39, 0.29) is 0 Å². The molecule has 3 nitrogen and oxygen atoms in total. The summed E-state index contributed by atoms with van der Waals surface area (Å²) in [5.41, 5.74) is 1.82. The van der Waals surface area contributed by atoms with E-state index in [1.807, 2.05) is 19.1 Å². The fourth-order valence-corrected chi connectivity index (χ4v) is 3.14. The molecule has 20 heavy (non-hydrogen) atoms. The summed E-state index contributed by atoms with van der Waals surface area (Å²) in [7, 11) is 0. The van der Waals surface area contributed by atoms with Crippen LogP contribution in [0.5, 0.6) is 0 Å². The summed E-state index contributed by atoms with van der Waals surface area (Å²) < 4.78 is 0. The van der Waals surface area contributed by atoms with Gasteiger partial charge in [0.25, 0.3) is 0 Å². The van der Waals surface area contributed by atoms with Gasteiger partial charge in [-0.1, -0.05) is 31.2 Å². The fourth-order valence-electron chi connectivity index (χ4n) is 1.90. The zero-order chi connectivity index (χ0) is 15.0. The van der Waals surface area contributed by atoms with Crippen molar-refractivity contribution in [1.82, 2.24) is 5.32 Å². The van der Waals surface area contributed by atoms with E-state index in [1.165, 1.54) is 11.1 Å². The fraction of sp³-hybridized carbons (Fsp3) is 0.562. The van der Waals surface area contributed by atoms with Crippen LogP contribution in [-0.2, 0) is 10.5 Å². The number of nitrogens with one attached hydrogen (secondary N) is 1. The third kappa shape index (κ3) is 5.17. The molecular weight excluding hydrogens is 270 g/mol. The van der Waals surface area contributed by atoms with E-state index in [0.717, 1.165) is 24.5 Å². The average molecular weight is 295 g/mol. The molecule has 0 heterocycles. The molecule has 1 aromatic rings. The number of benzene rings is 1. The molecule has 0 aliphatic heterocycles. The number of carboxylic acids is 1. The van der Waals surface area contributed by atoms with Crippen LogP contribution in [-0.4, -0.2) is 28.9 Å². The van der Waals surface area contributed by atoms with Crippen molar-refractivity contribution in [3.8, 4) is 0 Å². The largest absolute Gasteiger partial charge is 0.480 e. The lowest BCUT2D eigenvalue weighted by atomic mass is 9.99. The first-order chi connectivity index (χ1) is 9.49. The highest BCUT2D eigenvalue weighted by Crippen LogP contribution is 2.20. The van der Waals surface area contributed by atoms with Crippen LogP contribution in [0.15, 0.2) is 24.3 Å². The minimum atomic E-state index is -0.811. The third-order valence-electron chi connectivity index (χ3n) is 3.50. The number of thioether (sulfide) groups is 1. The van der Waals surface area contributed by atoms with E-state index in [9.17, 15) is 9.90 Å². The number of carbonyl (C=O) groups is 1. The number of aryl methyl sites for hydroxylation is 1. The first-order valence-corrected chi connectivity index (χ1v) is 8.25. The summed E-state index contributed by atoms with van der Waals surface area (Å²) >= 11 is 1.79. The average Bonchev–Trinajstić information content (AvgIpc) is 2.43. The van der Waals surface area contributed by atoms with Crippen LogP contribution in [0.4, 0.5) is 0 Å². The molecule has 2 N–H and O–H groups in total. The zero-order valence-electron chi connectivity index (χ0n) is 12.6. The first-order valence-electron chi connectivity index (χ1n) is 7.10. The van der Waals surface area contributed by atoms with E-state index in [4.69, 9.17) is 0 Å². The monoisotopic (exact) mass is 295 g/mol. The van der Waals surface area contributed by atoms with E-state index in [2.05, 4.69) is 24.4 Å². The predicted molar refractivity (Wildman–Crippen MR) is 86.3 cm³/mol.